The fourth-order valence-electron chi connectivity index (χ4n) is 4.35. The Kier molecular flexibility index (Phi) is 6.33. The van der Waals surface area contributed by atoms with E-state index in [-0.39, 0.29) is 17.2 Å². The second-order valence-electron chi connectivity index (χ2n) is 8.31. The second kappa shape index (κ2) is 9.75. The average molecular weight is 516 g/mol. The number of nitrogens with one attached hydrogen (secondary N) is 1. The van der Waals surface area contributed by atoms with Gasteiger partial charge in [0.25, 0.3) is 0 Å². The Morgan fingerprint density at radius 2 is 1.70 bits per heavy atom. The van der Waals surface area contributed by atoms with E-state index in [0.29, 0.717) is 27.9 Å². The minimum absolute atomic E-state index is 0.150. The van der Waals surface area contributed by atoms with Crippen LogP contribution in [0.5, 0.6) is 5.75 Å². The molecule has 4 aromatic rings. The van der Waals surface area contributed by atoms with Crippen molar-refractivity contribution >= 4 is 35.0 Å². The quantitative estimate of drug-likeness (QED) is 0.292. The first-order valence-corrected chi connectivity index (χ1v) is 11.6. The maximum absolute atomic E-state index is 11.6. The van der Waals surface area contributed by atoms with Crippen LogP contribution in [0.3, 0.4) is 0 Å². The molecule has 3 N–H and O–H groups in total. The van der Waals surface area contributed by atoms with E-state index in [1.807, 2.05) is 47.4 Å². The summed E-state index contributed by atoms with van der Waals surface area (Å²) in [6.07, 6.45) is 1.70. The van der Waals surface area contributed by atoms with Gasteiger partial charge in [-0.2, -0.15) is 0 Å². The number of ether oxygens (including phenoxy) is 1. The maximum Gasteiger partial charge on any atom is 0.335 e. The van der Waals surface area contributed by atoms with Crippen molar-refractivity contribution in [3.8, 4) is 17.1 Å². The Morgan fingerprint density at radius 1 is 1.00 bits per heavy atom. The zero-order chi connectivity index (χ0) is 26.1. The Hall–Kier alpha value is -4.70. The Bertz CT molecular complexity index is 1450. The highest BCUT2D eigenvalue weighted by molar-refractivity contribution is 7.80. The number of hydrogen-bond acceptors (Lipinski definition) is 6. The van der Waals surface area contributed by atoms with Gasteiger partial charge in [0.15, 0.2) is 5.11 Å². The normalized spacial score (nSPS) is 16.9. The predicted molar refractivity (Wildman–Crippen MR) is 139 cm³/mol. The number of carboxylic acid groups (broad SMARTS) is 2. The molecule has 1 aliphatic rings. The highest BCUT2D eigenvalue weighted by Gasteiger charge is 2.42. The number of rotatable bonds is 7. The molecule has 0 unspecified atom stereocenters. The molecule has 0 saturated carbocycles. The maximum atomic E-state index is 11.6. The lowest BCUT2D eigenvalue weighted by molar-refractivity contribution is 0.0696. The van der Waals surface area contributed by atoms with Gasteiger partial charge in [-0.05, 0) is 78.9 Å². The van der Waals surface area contributed by atoms with E-state index in [4.69, 9.17) is 21.4 Å². The van der Waals surface area contributed by atoms with Gasteiger partial charge in [-0.1, -0.05) is 6.07 Å². The Morgan fingerprint density at radius 3 is 2.30 bits per heavy atom. The van der Waals surface area contributed by atoms with E-state index in [1.165, 1.54) is 12.1 Å². The summed E-state index contributed by atoms with van der Waals surface area (Å²) in [6, 6.07) is 19.6. The molecule has 0 amide bonds. The van der Waals surface area contributed by atoms with Gasteiger partial charge in [-0.25, -0.2) is 9.59 Å². The molecule has 5 rings (SSSR count). The summed E-state index contributed by atoms with van der Waals surface area (Å²) in [7, 11) is 1.59. The number of thiocarbonyl (C=S) groups is 1. The molecule has 0 radical (unpaired) electrons. The van der Waals surface area contributed by atoms with Gasteiger partial charge in [0.1, 0.15) is 23.3 Å². The molecule has 10 heteroatoms. The van der Waals surface area contributed by atoms with E-state index >= 15 is 0 Å². The molecule has 3 heterocycles. The lowest BCUT2D eigenvalue weighted by Gasteiger charge is -2.26. The van der Waals surface area contributed by atoms with Crippen molar-refractivity contribution in [3.05, 3.63) is 102 Å². The van der Waals surface area contributed by atoms with Crippen LogP contribution in [0.2, 0.25) is 0 Å². The number of furan rings is 1. The number of carboxylic acids is 2. The van der Waals surface area contributed by atoms with E-state index < -0.39 is 18.0 Å². The van der Waals surface area contributed by atoms with E-state index in [9.17, 15) is 19.8 Å². The summed E-state index contributed by atoms with van der Waals surface area (Å²) in [4.78, 5) is 29.6. The minimum atomic E-state index is -1.23. The summed E-state index contributed by atoms with van der Waals surface area (Å²) in [5.41, 5.74) is 1.60. The third kappa shape index (κ3) is 4.62. The first-order chi connectivity index (χ1) is 17.9. The number of hydrogen-bond donors (Lipinski definition) is 3. The van der Waals surface area contributed by atoms with Gasteiger partial charge in [-0.15, -0.1) is 0 Å². The smallest absolute Gasteiger partial charge is 0.335 e. The van der Waals surface area contributed by atoms with Crippen molar-refractivity contribution in [3.63, 3.8) is 0 Å². The molecule has 1 aliphatic heterocycles. The molecule has 2 aromatic heterocycles. The highest BCUT2D eigenvalue weighted by Crippen LogP contribution is 2.43. The molecule has 0 aliphatic carbocycles. The fraction of sp³-hybridized carbons (Fsp3) is 0.111. The molecule has 0 spiro atoms. The van der Waals surface area contributed by atoms with Crippen LogP contribution < -0.4 is 15.0 Å². The van der Waals surface area contributed by atoms with Gasteiger partial charge < -0.3 is 29.6 Å². The molecular formula is C27H21N3O6S. The van der Waals surface area contributed by atoms with Crippen molar-refractivity contribution in [1.29, 1.82) is 0 Å². The topological polar surface area (TPSA) is 125 Å². The number of aromatic nitrogens is 1. The monoisotopic (exact) mass is 515 g/mol. The van der Waals surface area contributed by atoms with E-state index in [0.717, 1.165) is 17.4 Å². The van der Waals surface area contributed by atoms with Crippen LogP contribution in [0.25, 0.3) is 11.3 Å². The number of benzene rings is 2. The van der Waals surface area contributed by atoms with E-state index in [2.05, 4.69) is 10.3 Å². The lowest BCUT2D eigenvalue weighted by atomic mass is 10.0. The van der Waals surface area contributed by atoms with Gasteiger partial charge in [-0.3, -0.25) is 4.98 Å². The molecular weight excluding hydrogens is 494 g/mol. The van der Waals surface area contributed by atoms with Crippen molar-refractivity contribution < 1.29 is 29.0 Å². The molecule has 0 bridgehead atoms. The second-order valence-corrected chi connectivity index (χ2v) is 8.69. The zero-order valence-corrected chi connectivity index (χ0v) is 20.3. The molecule has 2 atom stereocenters. The number of aromatic carboxylic acids is 2. The largest absolute Gasteiger partial charge is 0.497 e. The Balaban J connectivity index is 1.60. The minimum Gasteiger partial charge on any atom is -0.497 e. The number of anilines is 1. The fourth-order valence-corrected chi connectivity index (χ4v) is 4.69. The van der Waals surface area contributed by atoms with Gasteiger partial charge in [0.2, 0.25) is 0 Å². The summed E-state index contributed by atoms with van der Waals surface area (Å²) >= 11 is 5.71. The van der Waals surface area contributed by atoms with Crippen LogP contribution in [0.15, 0.2) is 83.4 Å². The molecule has 9 nitrogen and oxygen atoms in total. The first kappa shape index (κ1) is 24.0. The predicted octanol–water partition coefficient (Wildman–Crippen LogP) is 4.92. The van der Waals surface area contributed by atoms with Crippen LogP contribution in [-0.4, -0.2) is 39.4 Å². The van der Waals surface area contributed by atoms with E-state index in [1.54, 1.807) is 25.4 Å². The van der Waals surface area contributed by atoms with Gasteiger partial charge in [0, 0.05) is 17.4 Å². The van der Waals surface area contributed by atoms with Gasteiger partial charge >= 0.3 is 11.9 Å². The molecule has 186 valence electrons. The number of nitrogens with zero attached hydrogens (tertiary/aromatic N) is 2. The standard InChI is InChI=1S/C27H21N3O6S/c1-35-19-7-5-18(6-8-19)30-24(23(29-27(30)37)20-4-2-3-11-28-20)22-10-9-21(36-22)15-12-16(25(31)32)14-17(13-15)26(33)34/h2-14,23-24H,1H3,(H,29,37)(H,31,32)(H,33,34)/t23-,24+/m1/s1. The summed E-state index contributed by atoms with van der Waals surface area (Å²) in [6.45, 7) is 0. The number of methoxy groups -OCH3 is 1. The first-order valence-electron chi connectivity index (χ1n) is 11.2. The number of carbonyl (C=O) groups is 2. The zero-order valence-electron chi connectivity index (χ0n) is 19.5. The highest BCUT2D eigenvalue weighted by atomic mass is 32.1. The van der Waals surface area contributed by atoms with Crippen molar-refractivity contribution in [2.24, 2.45) is 0 Å². The van der Waals surface area contributed by atoms with Crippen LogP contribution in [0.1, 0.15) is 44.3 Å². The van der Waals surface area contributed by atoms with Crippen molar-refractivity contribution in [1.82, 2.24) is 10.3 Å². The van der Waals surface area contributed by atoms with Crippen LogP contribution in [0.4, 0.5) is 5.69 Å². The third-order valence-corrected chi connectivity index (χ3v) is 6.39. The van der Waals surface area contributed by atoms with Crippen LogP contribution >= 0.6 is 12.2 Å². The average Bonchev–Trinajstić information content (AvgIpc) is 3.53. The SMILES string of the molecule is COc1ccc(N2C(=S)N[C@H](c3ccccn3)[C@@H]2c2ccc(-c3cc(C(=O)O)cc(C(=O)O)c3)o2)cc1. The molecule has 1 fully saturated rings. The van der Waals surface area contributed by atoms with Crippen molar-refractivity contribution in [2.45, 2.75) is 12.1 Å². The molecule has 1 saturated heterocycles. The lowest BCUT2D eigenvalue weighted by Crippen LogP contribution is -2.29. The summed E-state index contributed by atoms with van der Waals surface area (Å²) in [5.74, 6) is -0.906. The van der Waals surface area contributed by atoms with Crippen LogP contribution in [-0.2, 0) is 0 Å². The third-order valence-electron chi connectivity index (χ3n) is 6.08. The summed E-state index contributed by atoms with van der Waals surface area (Å²) in [5, 5.41) is 22.7. The molecule has 2 aromatic carbocycles. The van der Waals surface area contributed by atoms with Crippen molar-refractivity contribution in [2.75, 3.05) is 12.0 Å². The van der Waals surface area contributed by atoms with Gasteiger partial charge in [0.05, 0.1) is 30.0 Å². The number of pyridine rings is 1. The summed E-state index contributed by atoms with van der Waals surface area (Å²) < 4.78 is 11.5. The Labute approximate surface area is 216 Å². The molecule has 37 heavy (non-hydrogen) atoms. The van der Waals surface area contributed by atoms with Crippen LogP contribution in [0, 0.1) is 0 Å².